The van der Waals surface area contributed by atoms with E-state index in [2.05, 4.69) is 4.72 Å². The summed E-state index contributed by atoms with van der Waals surface area (Å²) in [6.07, 6.45) is 0.731. The van der Waals surface area contributed by atoms with Crippen molar-refractivity contribution in [3.63, 3.8) is 0 Å². The molecule has 0 aliphatic heterocycles. The van der Waals surface area contributed by atoms with E-state index in [1.807, 2.05) is 6.92 Å². The molecule has 17 heavy (non-hydrogen) atoms. The Morgan fingerprint density at radius 3 is 2.47 bits per heavy atom. The van der Waals surface area contributed by atoms with Gasteiger partial charge in [-0.3, -0.25) is 0 Å². The average Bonchev–Trinajstić information content (AvgIpc) is 2.28. The molecular weight excluding hydrogens is 262 g/mol. The first-order valence-electron chi connectivity index (χ1n) is 5.39. The third-order valence-electron chi connectivity index (χ3n) is 2.25. The molecule has 0 saturated heterocycles. The van der Waals surface area contributed by atoms with Gasteiger partial charge in [0, 0.05) is 11.6 Å². The summed E-state index contributed by atoms with van der Waals surface area (Å²) in [5.41, 5.74) is 0. The zero-order chi connectivity index (χ0) is 12.9. The first kappa shape index (κ1) is 14.4. The Labute approximate surface area is 107 Å². The van der Waals surface area contributed by atoms with Crippen molar-refractivity contribution in [3.8, 4) is 0 Å². The van der Waals surface area contributed by atoms with Crippen LogP contribution in [0.15, 0.2) is 29.2 Å². The lowest BCUT2D eigenvalue weighted by molar-refractivity contribution is 0.167. The Kier molecular flexibility index (Phi) is 5.39. The Bertz CT molecular complexity index is 444. The second kappa shape index (κ2) is 6.35. The smallest absolute Gasteiger partial charge is 0.240 e. The van der Waals surface area contributed by atoms with Gasteiger partial charge in [0.05, 0.1) is 11.0 Å². The minimum Gasteiger partial charge on any atom is -0.392 e. The lowest BCUT2D eigenvalue weighted by atomic mass is 10.2. The highest BCUT2D eigenvalue weighted by molar-refractivity contribution is 7.89. The van der Waals surface area contributed by atoms with E-state index >= 15 is 0 Å². The quantitative estimate of drug-likeness (QED) is 0.833. The lowest BCUT2D eigenvalue weighted by Gasteiger charge is -2.11. The highest BCUT2D eigenvalue weighted by Gasteiger charge is 2.15. The number of halogens is 1. The number of aliphatic hydroxyl groups is 1. The van der Waals surface area contributed by atoms with Gasteiger partial charge in [-0.2, -0.15) is 0 Å². The van der Waals surface area contributed by atoms with Crippen molar-refractivity contribution in [1.29, 1.82) is 0 Å². The van der Waals surface area contributed by atoms with Gasteiger partial charge in [0.2, 0.25) is 10.0 Å². The average molecular weight is 278 g/mol. The zero-order valence-electron chi connectivity index (χ0n) is 9.56. The van der Waals surface area contributed by atoms with Crippen LogP contribution in [0.5, 0.6) is 0 Å². The van der Waals surface area contributed by atoms with Gasteiger partial charge in [-0.1, -0.05) is 24.9 Å². The molecule has 0 fully saturated rings. The first-order chi connectivity index (χ1) is 7.95. The molecule has 1 aromatic carbocycles. The van der Waals surface area contributed by atoms with E-state index in [1.165, 1.54) is 24.3 Å². The maximum Gasteiger partial charge on any atom is 0.240 e. The number of aliphatic hydroxyl groups excluding tert-OH is 1. The molecule has 1 aromatic rings. The predicted octanol–water partition coefficient (Wildman–Crippen LogP) is 1.78. The number of benzene rings is 1. The van der Waals surface area contributed by atoms with Gasteiger partial charge in [-0.05, 0) is 30.7 Å². The van der Waals surface area contributed by atoms with Crippen molar-refractivity contribution in [3.05, 3.63) is 29.3 Å². The fraction of sp³-hybridized carbons (Fsp3) is 0.455. The van der Waals surface area contributed by atoms with Crippen LogP contribution in [0.1, 0.15) is 19.8 Å². The fourth-order valence-corrected chi connectivity index (χ4v) is 2.54. The van der Waals surface area contributed by atoms with Crippen LogP contribution in [0, 0.1) is 0 Å². The van der Waals surface area contributed by atoms with Crippen molar-refractivity contribution < 1.29 is 13.5 Å². The summed E-state index contributed by atoms with van der Waals surface area (Å²) in [6.45, 7) is 1.95. The SMILES string of the molecule is CCC[C@H](O)CNS(=O)(=O)c1ccc(Cl)cc1. The lowest BCUT2D eigenvalue weighted by Crippen LogP contribution is -2.32. The van der Waals surface area contributed by atoms with Gasteiger partial charge in [0.25, 0.3) is 0 Å². The molecule has 2 N–H and O–H groups in total. The third kappa shape index (κ3) is 4.63. The minimum absolute atomic E-state index is 0.0266. The molecule has 0 heterocycles. The monoisotopic (exact) mass is 277 g/mol. The molecule has 1 rings (SSSR count). The van der Waals surface area contributed by atoms with E-state index < -0.39 is 16.1 Å². The molecule has 0 radical (unpaired) electrons. The van der Waals surface area contributed by atoms with Crippen LogP contribution < -0.4 is 4.72 Å². The van der Waals surface area contributed by atoms with E-state index in [0.717, 1.165) is 6.42 Å². The molecule has 0 unspecified atom stereocenters. The number of nitrogens with one attached hydrogen (secondary N) is 1. The second-order valence-corrected chi connectivity index (χ2v) is 5.95. The number of rotatable bonds is 6. The Hall–Kier alpha value is -0.620. The number of hydrogen-bond acceptors (Lipinski definition) is 3. The van der Waals surface area contributed by atoms with Crippen LogP contribution in [0.4, 0.5) is 0 Å². The molecule has 0 saturated carbocycles. The molecule has 4 nitrogen and oxygen atoms in total. The third-order valence-corrected chi connectivity index (χ3v) is 3.95. The van der Waals surface area contributed by atoms with Gasteiger partial charge in [-0.25, -0.2) is 13.1 Å². The molecule has 0 bridgehead atoms. The largest absolute Gasteiger partial charge is 0.392 e. The fourth-order valence-electron chi connectivity index (χ4n) is 1.34. The van der Waals surface area contributed by atoms with Crippen molar-refractivity contribution in [2.45, 2.75) is 30.8 Å². The molecule has 0 aliphatic rings. The summed E-state index contributed by atoms with van der Waals surface area (Å²) in [4.78, 5) is 0.144. The summed E-state index contributed by atoms with van der Waals surface area (Å²) in [5.74, 6) is 0. The molecule has 0 amide bonds. The Morgan fingerprint density at radius 1 is 1.35 bits per heavy atom. The summed E-state index contributed by atoms with van der Waals surface area (Å²) in [5, 5.41) is 9.94. The van der Waals surface area contributed by atoms with Crippen LogP contribution in [0.25, 0.3) is 0 Å². The van der Waals surface area contributed by atoms with E-state index in [4.69, 9.17) is 11.6 Å². The van der Waals surface area contributed by atoms with E-state index in [1.54, 1.807) is 0 Å². The summed E-state index contributed by atoms with van der Waals surface area (Å²) < 4.78 is 25.9. The summed E-state index contributed by atoms with van der Waals surface area (Å²) in [7, 11) is -3.56. The van der Waals surface area contributed by atoms with Crippen molar-refractivity contribution in [2.24, 2.45) is 0 Å². The van der Waals surface area contributed by atoms with Crippen molar-refractivity contribution >= 4 is 21.6 Å². The van der Waals surface area contributed by atoms with Gasteiger partial charge >= 0.3 is 0 Å². The topological polar surface area (TPSA) is 66.4 Å². The van der Waals surface area contributed by atoms with Gasteiger partial charge in [-0.15, -0.1) is 0 Å². The summed E-state index contributed by atoms with van der Waals surface area (Å²) >= 11 is 5.68. The van der Waals surface area contributed by atoms with Crippen molar-refractivity contribution in [1.82, 2.24) is 4.72 Å². The second-order valence-electron chi connectivity index (χ2n) is 3.75. The molecule has 0 aliphatic carbocycles. The maximum atomic E-state index is 11.8. The zero-order valence-corrected chi connectivity index (χ0v) is 11.1. The van der Waals surface area contributed by atoms with Crippen LogP contribution >= 0.6 is 11.6 Å². The van der Waals surface area contributed by atoms with Gasteiger partial charge in [0.15, 0.2) is 0 Å². The van der Waals surface area contributed by atoms with Crippen molar-refractivity contribution in [2.75, 3.05) is 6.54 Å². The highest BCUT2D eigenvalue weighted by atomic mass is 35.5. The Morgan fingerprint density at radius 2 is 1.94 bits per heavy atom. The highest BCUT2D eigenvalue weighted by Crippen LogP contribution is 2.13. The molecule has 6 heteroatoms. The van der Waals surface area contributed by atoms with Crippen LogP contribution in [0.2, 0.25) is 5.02 Å². The standard InChI is InChI=1S/C11H16ClNO3S/c1-2-3-10(14)8-13-17(15,16)11-6-4-9(12)5-7-11/h4-7,10,13-14H,2-3,8H2,1H3/t10-/m0/s1. The molecular formula is C11H16ClNO3S. The first-order valence-corrected chi connectivity index (χ1v) is 7.25. The van der Waals surface area contributed by atoms with Crippen LogP contribution in [0.3, 0.4) is 0 Å². The van der Waals surface area contributed by atoms with E-state index in [-0.39, 0.29) is 11.4 Å². The summed E-state index contributed by atoms with van der Waals surface area (Å²) in [6, 6.07) is 5.88. The van der Waals surface area contributed by atoms with E-state index in [0.29, 0.717) is 11.4 Å². The molecule has 0 spiro atoms. The number of sulfonamides is 1. The maximum absolute atomic E-state index is 11.8. The molecule has 96 valence electrons. The number of hydrogen-bond donors (Lipinski definition) is 2. The molecule has 1 atom stereocenters. The molecule has 0 aromatic heterocycles. The van der Waals surface area contributed by atoms with Gasteiger partial charge in [0.1, 0.15) is 0 Å². The predicted molar refractivity (Wildman–Crippen MR) is 67.6 cm³/mol. The van der Waals surface area contributed by atoms with Crippen LogP contribution in [-0.4, -0.2) is 26.2 Å². The van der Waals surface area contributed by atoms with E-state index in [9.17, 15) is 13.5 Å². The van der Waals surface area contributed by atoms with Crippen LogP contribution in [-0.2, 0) is 10.0 Å². The minimum atomic E-state index is -3.56. The van der Waals surface area contributed by atoms with Gasteiger partial charge < -0.3 is 5.11 Å². The normalized spacial score (nSPS) is 13.6. The Balaban J connectivity index is 2.66.